The predicted molar refractivity (Wildman–Crippen MR) is 56.4 cm³/mol. The minimum atomic E-state index is 0.381. The maximum absolute atomic E-state index is 8.71. The fraction of sp³-hybridized carbons (Fsp3) is 0.333. The maximum atomic E-state index is 8.71. The molecule has 74 valence electrons. The van der Waals surface area contributed by atoms with Gasteiger partial charge in [-0.05, 0) is 13.1 Å². The summed E-state index contributed by atoms with van der Waals surface area (Å²) in [7, 11) is 1.86. The standard InChI is InChI=1S/C9H11ClN4/c1-12-4-5-14-9-8(10)7(6-11)2-3-13-9/h2-3,12H,4-5H2,1H3,(H,13,14). The van der Waals surface area contributed by atoms with Crippen molar-refractivity contribution in [3.63, 3.8) is 0 Å². The second-order valence-electron chi connectivity index (χ2n) is 2.66. The molecule has 0 aliphatic rings. The topological polar surface area (TPSA) is 60.7 Å². The number of likely N-dealkylation sites (N-methyl/N-ethyl adjacent to an activating group) is 1. The van der Waals surface area contributed by atoms with E-state index in [9.17, 15) is 0 Å². The number of nitrogens with zero attached hydrogens (tertiary/aromatic N) is 2. The zero-order valence-electron chi connectivity index (χ0n) is 7.84. The first-order valence-corrected chi connectivity index (χ1v) is 4.60. The van der Waals surface area contributed by atoms with E-state index in [1.807, 2.05) is 13.1 Å². The normalized spacial score (nSPS) is 9.50. The molecule has 0 atom stereocenters. The molecular formula is C9H11ClN4. The van der Waals surface area contributed by atoms with Crippen molar-refractivity contribution in [1.29, 1.82) is 5.26 Å². The molecule has 0 unspecified atom stereocenters. The Kier molecular flexibility index (Phi) is 4.17. The molecule has 0 radical (unpaired) electrons. The van der Waals surface area contributed by atoms with E-state index in [-0.39, 0.29) is 0 Å². The first-order chi connectivity index (χ1) is 6.79. The first kappa shape index (κ1) is 10.8. The van der Waals surface area contributed by atoms with E-state index in [1.165, 1.54) is 0 Å². The van der Waals surface area contributed by atoms with Crippen LogP contribution in [0.2, 0.25) is 5.02 Å². The lowest BCUT2D eigenvalue weighted by molar-refractivity contribution is 0.821. The van der Waals surface area contributed by atoms with Gasteiger partial charge < -0.3 is 10.6 Å². The minimum absolute atomic E-state index is 0.381. The van der Waals surface area contributed by atoms with Crippen molar-refractivity contribution >= 4 is 17.4 Å². The summed E-state index contributed by atoms with van der Waals surface area (Å²) in [5, 5.41) is 15.1. The maximum Gasteiger partial charge on any atom is 0.146 e. The molecule has 1 aromatic heterocycles. The fourth-order valence-corrected chi connectivity index (χ4v) is 1.18. The molecule has 0 bridgehead atoms. The average Bonchev–Trinajstić information content (AvgIpc) is 2.21. The summed E-state index contributed by atoms with van der Waals surface area (Å²) < 4.78 is 0. The molecule has 0 saturated carbocycles. The monoisotopic (exact) mass is 210 g/mol. The quantitative estimate of drug-likeness (QED) is 0.735. The smallest absolute Gasteiger partial charge is 0.146 e. The second kappa shape index (κ2) is 5.43. The number of nitriles is 1. The van der Waals surface area contributed by atoms with Gasteiger partial charge in [0.2, 0.25) is 0 Å². The van der Waals surface area contributed by atoms with Crippen LogP contribution >= 0.6 is 11.6 Å². The molecule has 1 aromatic rings. The number of nitrogens with one attached hydrogen (secondary N) is 2. The van der Waals surface area contributed by atoms with Gasteiger partial charge in [-0.15, -0.1) is 0 Å². The Hall–Kier alpha value is -1.31. The number of hydrogen-bond donors (Lipinski definition) is 2. The van der Waals surface area contributed by atoms with Crippen molar-refractivity contribution in [2.24, 2.45) is 0 Å². The molecule has 2 N–H and O–H groups in total. The molecule has 1 heterocycles. The van der Waals surface area contributed by atoms with Crippen molar-refractivity contribution in [2.75, 3.05) is 25.5 Å². The highest BCUT2D eigenvalue weighted by molar-refractivity contribution is 6.34. The minimum Gasteiger partial charge on any atom is -0.368 e. The molecule has 0 amide bonds. The van der Waals surface area contributed by atoms with Gasteiger partial charge in [0.1, 0.15) is 16.9 Å². The largest absolute Gasteiger partial charge is 0.368 e. The van der Waals surface area contributed by atoms with Gasteiger partial charge in [0.05, 0.1) is 5.56 Å². The van der Waals surface area contributed by atoms with Crippen molar-refractivity contribution in [1.82, 2.24) is 10.3 Å². The van der Waals surface area contributed by atoms with E-state index in [1.54, 1.807) is 12.3 Å². The summed E-state index contributed by atoms with van der Waals surface area (Å²) in [4.78, 5) is 4.04. The van der Waals surface area contributed by atoms with Crippen LogP contribution in [-0.2, 0) is 0 Å². The van der Waals surface area contributed by atoms with Crippen LogP contribution in [0.5, 0.6) is 0 Å². The Morgan fingerprint density at radius 3 is 3.00 bits per heavy atom. The highest BCUT2D eigenvalue weighted by atomic mass is 35.5. The summed E-state index contributed by atoms with van der Waals surface area (Å²) in [6, 6.07) is 3.59. The fourth-order valence-electron chi connectivity index (χ4n) is 0.959. The van der Waals surface area contributed by atoms with Crippen LogP contribution in [0, 0.1) is 11.3 Å². The van der Waals surface area contributed by atoms with Gasteiger partial charge in [0.15, 0.2) is 0 Å². The van der Waals surface area contributed by atoms with Crippen LogP contribution in [-0.4, -0.2) is 25.1 Å². The highest BCUT2D eigenvalue weighted by Crippen LogP contribution is 2.22. The Labute approximate surface area is 87.9 Å². The predicted octanol–water partition coefficient (Wildman–Crippen LogP) is 1.24. The van der Waals surface area contributed by atoms with E-state index < -0.39 is 0 Å². The van der Waals surface area contributed by atoms with Crippen molar-refractivity contribution in [3.8, 4) is 6.07 Å². The number of halogens is 1. The Bertz CT molecular complexity index is 345. The van der Waals surface area contributed by atoms with E-state index in [4.69, 9.17) is 16.9 Å². The van der Waals surface area contributed by atoms with Gasteiger partial charge in [-0.1, -0.05) is 11.6 Å². The summed E-state index contributed by atoms with van der Waals surface area (Å²) in [6.45, 7) is 1.53. The number of pyridine rings is 1. The lowest BCUT2D eigenvalue weighted by Crippen LogP contribution is -2.18. The van der Waals surface area contributed by atoms with E-state index in [0.717, 1.165) is 13.1 Å². The molecular weight excluding hydrogens is 200 g/mol. The van der Waals surface area contributed by atoms with Crippen LogP contribution in [0.3, 0.4) is 0 Å². The van der Waals surface area contributed by atoms with E-state index in [0.29, 0.717) is 16.4 Å². The molecule has 14 heavy (non-hydrogen) atoms. The van der Waals surface area contributed by atoms with Crippen LogP contribution in [0.4, 0.5) is 5.82 Å². The van der Waals surface area contributed by atoms with Crippen LogP contribution in [0.1, 0.15) is 5.56 Å². The summed E-state index contributed by atoms with van der Waals surface area (Å²) in [5.41, 5.74) is 0.439. The zero-order valence-corrected chi connectivity index (χ0v) is 8.60. The van der Waals surface area contributed by atoms with Gasteiger partial charge in [-0.25, -0.2) is 4.98 Å². The molecule has 0 aliphatic carbocycles. The molecule has 1 rings (SSSR count). The molecule has 0 spiro atoms. The van der Waals surface area contributed by atoms with E-state index in [2.05, 4.69) is 15.6 Å². The summed E-state index contributed by atoms with van der Waals surface area (Å²) in [6.07, 6.45) is 1.56. The Morgan fingerprint density at radius 1 is 1.57 bits per heavy atom. The molecule has 0 saturated heterocycles. The molecule has 5 heteroatoms. The number of aromatic nitrogens is 1. The van der Waals surface area contributed by atoms with E-state index >= 15 is 0 Å². The average molecular weight is 211 g/mol. The first-order valence-electron chi connectivity index (χ1n) is 4.22. The Balaban J connectivity index is 2.73. The molecule has 4 nitrogen and oxygen atoms in total. The molecule has 0 fully saturated rings. The third-order valence-electron chi connectivity index (χ3n) is 1.68. The number of hydrogen-bond acceptors (Lipinski definition) is 4. The molecule has 0 aromatic carbocycles. The van der Waals surface area contributed by atoms with Crippen molar-refractivity contribution < 1.29 is 0 Å². The zero-order chi connectivity index (χ0) is 10.4. The number of anilines is 1. The van der Waals surface area contributed by atoms with Crippen molar-refractivity contribution in [2.45, 2.75) is 0 Å². The van der Waals surface area contributed by atoms with Gasteiger partial charge >= 0.3 is 0 Å². The SMILES string of the molecule is CNCCNc1nccc(C#N)c1Cl. The second-order valence-corrected chi connectivity index (χ2v) is 3.04. The highest BCUT2D eigenvalue weighted by Gasteiger charge is 2.05. The van der Waals surface area contributed by atoms with Gasteiger partial charge in [0, 0.05) is 19.3 Å². The van der Waals surface area contributed by atoms with Crippen LogP contribution in [0.15, 0.2) is 12.3 Å². The van der Waals surface area contributed by atoms with Crippen LogP contribution < -0.4 is 10.6 Å². The summed E-state index contributed by atoms with van der Waals surface area (Å²) >= 11 is 5.92. The number of rotatable bonds is 4. The third-order valence-corrected chi connectivity index (χ3v) is 2.06. The van der Waals surface area contributed by atoms with Crippen LogP contribution in [0.25, 0.3) is 0 Å². The van der Waals surface area contributed by atoms with Gasteiger partial charge in [-0.3, -0.25) is 0 Å². The van der Waals surface area contributed by atoms with Gasteiger partial charge in [0.25, 0.3) is 0 Å². The lowest BCUT2D eigenvalue weighted by Gasteiger charge is -2.06. The van der Waals surface area contributed by atoms with Gasteiger partial charge in [-0.2, -0.15) is 5.26 Å². The Morgan fingerprint density at radius 2 is 2.36 bits per heavy atom. The molecule has 0 aliphatic heterocycles. The van der Waals surface area contributed by atoms with Crippen molar-refractivity contribution in [3.05, 3.63) is 22.8 Å². The lowest BCUT2D eigenvalue weighted by atomic mass is 10.3. The summed E-state index contributed by atoms with van der Waals surface area (Å²) in [5.74, 6) is 0.556. The third kappa shape index (κ3) is 2.59.